The van der Waals surface area contributed by atoms with Crippen LogP contribution in [-0.4, -0.2) is 54.0 Å². The highest BCUT2D eigenvalue weighted by Gasteiger charge is 2.44. The lowest BCUT2D eigenvalue weighted by atomic mass is 10.0. The molecule has 0 amide bonds. The van der Waals surface area contributed by atoms with Gasteiger partial charge in [-0.3, -0.25) is 5.41 Å². The van der Waals surface area contributed by atoms with Crippen LogP contribution in [0.1, 0.15) is 6.42 Å². The van der Waals surface area contributed by atoms with Crippen molar-refractivity contribution in [2.75, 3.05) is 26.1 Å². The predicted molar refractivity (Wildman–Crippen MR) is 137 cm³/mol. The van der Waals surface area contributed by atoms with E-state index in [-0.39, 0.29) is 12.6 Å². The molecule has 3 atom stereocenters. The zero-order valence-electron chi connectivity index (χ0n) is 19.1. The molecule has 0 radical (unpaired) electrons. The smallest absolute Gasteiger partial charge is 0.429 e. The van der Waals surface area contributed by atoms with Gasteiger partial charge in [-0.25, -0.2) is 9.97 Å². The Hall–Kier alpha value is -2.47. The molecule has 36 heavy (non-hydrogen) atoms. The Morgan fingerprint density at radius 1 is 1.19 bits per heavy atom. The molecule has 1 aliphatic carbocycles. The molecular formula is C23H22Cl2F3N5O2S. The van der Waals surface area contributed by atoms with Gasteiger partial charge in [0.05, 0.1) is 34.1 Å². The van der Waals surface area contributed by atoms with E-state index in [1.165, 1.54) is 31.3 Å². The van der Waals surface area contributed by atoms with E-state index in [0.717, 1.165) is 0 Å². The predicted octanol–water partition coefficient (Wildman–Crippen LogP) is 5.82. The van der Waals surface area contributed by atoms with Crippen LogP contribution in [0.25, 0.3) is 10.9 Å². The van der Waals surface area contributed by atoms with Crippen molar-refractivity contribution in [2.24, 2.45) is 5.92 Å². The molecule has 2 aromatic rings. The van der Waals surface area contributed by atoms with E-state index < -0.39 is 23.2 Å². The highest BCUT2D eigenvalue weighted by atomic mass is 35.5. The normalized spacial score (nSPS) is 22.1. The van der Waals surface area contributed by atoms with Gasteiger partial charge in [-0.05, 0) is 25.6 Å². The minimum Gasteiger partial charge on any atom is -0.493 e. The second kappa shape index (κ2) is 10.9. The van der Waals surface area contributed by atoms with Crippen LogP contribution in [0.2, 0.25) is 0 Å². The van der Waals surface area contributed by atoms with Gasteiger partial charge in [0.1, 0.15) is 24.5 Å². The van der Waals surface area contributed by atoms with Crippen LogP contribution in [0, 0.1) is 11.3 Å². The number of hydrogen-bond acceptors (Lipinski definition) is 8. The van der Waals surface area contributed by atoms with E-state index in [9.17, 15) is 13.2 Å². The first kappa shape index (κ1) is 26.6. The summed E-state index contributed by atoms with van der Waals surface area (Å²) >= 11 is 13.4. The molecule has 0 fully saturated rings. The Labute approximate surface area is 219 Å². The van der Waals surface area contributed by atoms with E-state index in [1.54, 1.807) is 19.2 Å². The topological polar surface area (TPSA) is 92.2 Å². The van der Waals surface area contributed by atoms with Crippen molar-refractivity contribution in [2.45, 2.75) is 24.0 Å². The van der Waals surface area contributed by atoms with Gasteiger partial charge in [-0.15, -0.1) is 11.8 Å². The Balaban J connectivity index is 1.54. The van der Waals surface area contributed by atoms with Gasteiger partial charge in [0.15, 0.2) is 11.5 Å². The van der Waals surface area contributed by atoms with Crippen molar-refractivity contribution >= 4 is 57.4 Å². The van der Waals surface area contributed by atoms with Gasteiger partial charge in [0.25, 0.3) is 0 Å². The number of anilines is 1. The summed E-state index contributed by atoms with van der Waals surface area (Å²) in [4.78, 5) is 9.24. The maximum atomic E-state index is 13.1. The molecule has 3 unspecified atom stereocenters. The van der Waals surface area contributed by atoms with Crippen molar-refractivity contribution in [1.29, 1.82) is 5.41 Å². The van der Waals surface area contributed by atoms with Crippen LogP contribution in [-0.2, 0) is 0 Å². The molecule has 0 spiro atoms. The fourth-order valence-electron chi connectivity index (χ4n) is 3.84. The lowest BCUT2D eigenvalue weighted by Gasteiger charge is -2.20. The molecule has 7 nitrogen and oxygen atoms in total. The van der Waals surface area contributed by atoms with Crippen LogP contribution in [0.4, 0.5) is 19.0 Å². The average molecular weight is 560 g/mol. The molecule has 0 saturated heterocycles. The van der Waals surface area contributed by atoms with Crippen molar-refractivity contribution < 1.29 is 22.6 Å². The van der Waals surface area contributed by atoms with Gasteiger partial charge >= 0.3 is 6.18 Å². The number of allylic oxidation sites excluding steroid dienone is 2. The number of rotatable bonds is 8. The van der Waals surface area contributed by atoms with Crippen molar-refractivity contribution in [3.8, 4) is 11.5 Å². The monoisotopic (exact) mass is 559 g/mol. The van der Waals surface area contributed by atoms with Crippen LogP contribution in [0.3, 0.4) is 0 Å². The van der Waals surface area contributed by atoms with Crippen LogP contribution in [0.15, 0.2) is 51.7 Å². The summed E-state index contributed by atoms with van der Waals surface area (Å²) < 4.78 is 50.7. The van der Waals surface area contributed by atoms with E-state index >= 15 is 0 Å². The van der Waals surface area contributed by atoms with E-state index in [4.69, 9.17) is 38.1 Å². The maximum Gasteiger partial charge on any atom is 0.429 e. The summed E-state index contributed by atoms with van der Waals surface area (Å²) in [7, 11) is 3.05. The standard InChI is InChI=1S/C23H22Cl2F3N5O2S/c1-30-22-14(20(29)23(26,27)28)6-12(36-22)9-35-19-8-17-13(7-18(19)34-2)21(32-10-31-17)33-11-3-4-15(24)16(25)5-11/h4-8,10-11,14,22,29-30H,3,9H2,1-2H3,(H,31,32,33). The molecule has 1 aromatic heterocycles. The van der Waals surface area contributed by atoms with E-state index in [2.05, 4.69) is 20.6 Å². The summed E-state index contributed by atoms with van der Waals surface area (Å²) in [5, 5.41) is 14.7. The first-order valence-electron chi connectivity index (χ1n) is 10.8. The van der Waals surface area contributed by atoms with E-state index in [1.807, 2.05) is 12.2 Å². The summed E-state index contributed by atoms with van der Waals surface area (Å²) in [5.74, 6) is 0.252. The zero-order chi connectivity index (χ0) is 26.0. The number of hydrogen-bond donors (Lipinski definition) is 3. The van der Waals surface area contributed by atoms with Crippen LogP contribution < -0.4 is 20.1 Å². The molecule has 192 valence electrons. The molecule has 0 saturated carbocycles. The first-order valence-corrected chi connectivity index (χ1v) is 12.4. The number of thioether (sulfide) groups is 1. The number of alkyl halides is 3. The number of nitrogens with zero attached hydrogens (tertiary/aromatic N) is 2. The number of fused-ring (bicyclic) bond motifs is 1. The van der Waals surface area contributed by atoms with E-state index in [0.29, 0.717) is 49.6 Å². The van der Waals surface area contributed by atoms with Gasteiger partial charge in [0.2, 0.25) is 0 Å². The van der Waals surface area contributed by atoms with Gasteiger partial charge in [0, 0.05) is 22.3 Å². The molecule has 0 bridgehead atoms. The lowest BCUT2D eigenvalue weighted by molar-refractivity contribution is -0.0629. The Bertz CT molecular complexity index is 1270. The molecule has 13 heteroatoms. The van der Waals surface area contributed by atoms with Crippen molar-refractivity contribution in [1.82, 2.24) is 15.3 Å². The third-order valence-corrected chi connectivity index (χ3v) is 7.76. The van der Waals surface area contributed by atoms with Crippen LogP contribution in [0.5, 0.6) is 11.5 Å². The van der Waals surface area contributed by atoms with Crippen molar-refractivity contribution in [3.05, 3.63) is 51.7 Å². The number of ether oxygens (including phenoxy) is 2. The fraction of sp³-hybridized carbons (Fsp3) is 0.348. The summed E-state index contributed by atoms with van der Waals surface area (Å²) in [6.07, 6.45) is 2.41. The largest absolute Gasteiger partial charge is 0.493 e. The van der Waals surface area contributed by atoms with Gasteiger partial charge in [-0.1, -0.05) is 35.4 Å². The first-order chi connectivity index (χ1) is 17.1. The van der Waals surface area contributed by atoms with Crippen molar-refractivity contribution in [3.63, 3.8) is 0 Å². The van der Waals surface area contributed by atoms with Crippen LogP contribution >= 0.6 is 35.0 Å². The Morgan fingerprint density at radius 3 is 2.64 bits per heavy atom. The van der Waals surface area contributed by atoms with Gasteiger partial charge in [-0.2, -0.15) is 13.2 Å². The minimum atomic E-state index is -4.69. The zero-order valence-corrected chi connectivity index (χ0v) is 21.4. The quantitative estimate of drug-likeness (QED) is 0.351. The second-order valence-electron chi connectivity index (χ2n) is 7.98. The molecule has 2 aliphatic rings. The fourth-order valence-corrected chi connectivity index (χ4v) is 5.38. The molecule has 1 aromatic carbocycles. The number of nitrogens with one attached hydrogen (secondary N) is 3. The highest BCUT2D eigenvalue weighted by Crippen LogP contribution is 2.40. The summed E-state index contributed by atoms with van der Waals surface area (Å²) in [6, 6.07) is 3.31. The molecule has 1 aliphatic heterocycles. The number of methoxy groups -OCH3 is 1. The third kappa shape index (κ3) is 5.74. The maximum absolute atomic E-state index is 13.1. The molecule has 2 heterocycles. The molecular weight excluding hydrogens is 538 g/mol. The lowest BCUT2D eigenvalue weighted by Crippen LogP contribution is -2.38. The number of halogens is 5. The second-order valence-corrected chi connectivity index (χ2v) is 10.1. The molecule has 4 rings (SSSR count). The Morgan fingerprint density at radius 2 is 1.97 bits per heavy atom. The SMILES string of the molecule is CNC1SC(COc2cc3ncnc(NC4C=C(Cl)C(Cl)=CC4)c3cc2OC)=CC1C(=N)C(F)(F)F. The molecule has 3 N–H and O–H groups in total. The summed E-state index contributed by atoms with van der Waals surface area (Å²) in [6.45, 7) is 0.0149. The minimum absolute atomic E-state index is 0.0149. The van der Waals surface area contributed by atoms with Gasteiger partial charge < -0.3 is 20.1 Å². The average Bonchev–Trinajstić information content (AvgIpc) is 3.26. The highest BCUT2D eigenvalue weighted by molar-refractivity contribution is 8.04. The number of aromatic nitrogens is 2. The summed E-state index contributed by atoms with van der Waals surface area (Å²) in [5.41, 5.74) is -0.711. The number of benzene rings is 1. The Kier molecular flexibility index (Phi) is 8.03. The third-order valence-electron chi connectivity index (χ3n) is 5.63.